The summed E-state index contributed by atoms with van der Waals surface area (Å²) in [5, 5.41) is 3.18. The van der Waals surface area contributed by atoms with E-state index in [0.717, 1.165) is 22.3 Å². The van der Waals surface area contributed by atoms with Crippen molar-refractivity contribution < 1.29 is 14.3 Å². The zero-order valence-corrected chi connectivity index (χ0v) is 15.9. The summed E-state index contributed by atoms with van der Waals surface area (Å²) >= 11 is 6.16. The zero-order chi connectivity index (χ0) is 19.7. The van der Waals surface area contributed by atoms with E-state index in [1.807, 2.05) is 48.5 Å². The van der Waals surface area contributed by atoms with Crippen LogP contribution < -0.4 is 5.32 Å². The number of rotatable bonds is 4. The molecule has 4 rings (SSSR count). The van der Waals surface area contributed by atoms with Crippen LogP contribution >= 0.6 is 11.6 Å². The summed E-state index contributed by atoms with van der Waals surface area (Å²) in [4.78, 5) is 25.6. The maximum Gasteiger partial charge on any atom is 0.329 e. The fourth-order valence-corrected chi connectivity index (χ4v) is 4.04. The van der Waals surface area contributed by atoms with Crippen LogP contribution in [-0.4, -0.2) is 25.0 Å². The van der Waals surface area contributed by atoms with Crippen molar-refractivity contribution in [1.82, 2.24) is 5.32 Å². The third-order valence-corrected chi connectivity index (χ3v) is 5.40. The minimum atomic E-state index is -0.876. The van der Waals surface area contributed by atoms with E-state index >= 15 is 0 Å². The first-order valence-corrected chi connectivity index (χ1v) is 9.31. The number of nitrogens with one attached hydrogen (secondary N) is 1. The van der Waals surface area contributed by atoms with Gasteiger partial charge >= 0.3 is 5.97 Å². The van der Waals surface area contributed by atoms with Crippen molar-refractivity contribution in [2.45, 2.75) is 12.0 Å². The van der Waals surface area contributed by atoms with Gasteiger partial charge in [0, 0.05) is 5.92 Å². The fraction of sp³-hybridized carbons (Fsp3) is 0.130. The lowest BCUT2D eigenvalue weighted by Crippen LogP contribution is -2.45. The van der Waals surface area contributed by atoms with Crippen LogP contribution in [0, 0.1) is 0 Å². The molecule has 140 valence electrons. The summed E-state index contributed by atoms with van der Waals surface area (Å²) in [6.07, 6.45) is 0. The Morgan fingerprint density at radius 3 is 2.00 bits per heavy atom. The molecule has 0 heterocycles. The van der Waals surface area contributed by atoms with E-state index in [9.17, 15) is 9.59 Å². The molecule has 0 unspecified atom stereocenters. The molecule has 0 fully saturated rings. The Balaban J connectivity index is 1.78. The SMILES string of the molecule is COC(=O)[C@@H](NC(=O)c1ccccc1Cl)C1c2ccccc2-c2ccccc21. The molecule has 0 saturated carbocycles. The molecule has 28 heavy (non-hydrogen) atoms. The van der Waals surface area contributed by atoms with Crippen LogP contribution in [0.5, 0.6) is 0 Å². The molecule has 1 N–H and O–H groups in total. The number of hydrogen-bond acceptors (Lipinski definition) is 3. The molecule has 0 bridgehead atoms. The van der Waals surface area contributed by atoms with Crippen LogP contribution in [0.3, 0.4) is 0 Å². The Hall–Kier alpha value is -3.11. The van der Waals surface area contributed by atoms with Gasteiger partial charge in [-0.2, -0.15) is 0 Å². The molecule has 0 spiro atoms. The Morgan fingerprint density at radius 1 is 0.893 bits per heavy atom. The minimum absolute atomic E-state index is 0.317. The quantitative estimate of drug-likeness (QED) is 0.669. The van der Waals surface area contributed by atoms with Crippen molar-refractivity contribution in [3.05, 3.63) is 94.5 Å². The van der Waals surface area contributed by atoms with Gasteiger partial charge in [-0.05, 0) is 34.4 Å². The van der Waals surface area contributed by atoms with Gasteiger partial charge < -0.3 is 10.1 Å². The first-order chi connectivity index (χ1) is 13.6. The fourth-order valence-electron chi connectivity index (χ4n) is 3.82. The molecule has 5 heteroatoms. The van der Waals surface area contributed by atoms with Gasteiger partial charge in [-0.15, -0.1) is 0 Å². The van der Waals surface area contributed by atoms with Gasteiger partial charge in [0.15, 0.2) is 0 Å². The summed E-state index contributed by atoms with van der Waals surface area (Å²) in [5.41, 5.74) is 4.41. The number of carbonyl (C=O) groups is 2. The first kappa shape index (κ1) is 18.3. The highest BCUT2D eigenvalue weighted by Crippen LogP contribution is 2.46. The number of fused-ring (bicyclic) bond motifs is 3. The third kappa shape index (κ3) is 3.06. The average Bonchev–Trinajstić information content (AvgIpc) is 3.06. The van der Waals surface area contributed by atoms with E-state index in [2.05, 4.69) is 5.32 Å². The van der Waals surface area contributed by atoms with Crippen molar-refractivity contribution in [1.29, 1.82) is 0 Å². The lowest BCUT2D eigenvalue weighted by molar-refractivity contribution is -0.143. The molecule has 3 aromatic carbocycles. The Bertz CT molecular complexity index is 1020. The van der Waals surface area contributed by atoms with Gasteiger partial charge in [-0.1, -0.05) is 72.3 Å². The largest absolute Gasteiger partial charge is 0.467 e. The van der Waals surface area contributed by atoms with Crippen molar-refractivity contribution in [2.75, 3.05) is 7.11 Å². The molecule has 1 aliphatic carbocycles. The van der Waals surface area contributed by atoms with E-state index in [4.69, 9.17) is 16.3 Å². The van der Waals surface area contributed by atoms with Gasteiger partial charge in [-0.3, -0.25) is 4.79 Å². The van der Waals surface area contributed by atoms with Crippen molar-refractivity contribution in [3.63, 3.8) is 0 Å². The number of amides is 1. The van der Waals surface area contributed by atoms with Crippen LogP contribution in [0.4, 0.5) is 0 Å². The van der Waals surface area contributed by atoms with E-state index in [1.165, 1.54) is 7.11 Å². The molecule has 1 atom stereocenters. The van der Waals surface area contributed by atoms with Crippen LogP contribution in [0.1, 0.15) is 27.4 Å². The summed E-state index contributed by atoms with van der Waals surface area (Å²) in [6.45, 7) is 0. The number of halogens is 1. The summed E-state index contributed by atoms with van der Waals surface area (Å²) in [6, 6.07) is 21.7. The number of esters is 1. The molecule has 1 aliphatic rings. The smallest absolute Gasteiger partial charge is 0.329 e. The third-order valence-electron chi connectivity index (χ3n) is 5.08. The zero-order valence-electron chi connectivity index (χ0n) is 15.2. The number of carbonyl (C=O) groups excluding carboxylic acids is 2. The molecule has 1 amide bonds. The topological polar surface area (TPSA) is 55.4 Å². The molecule has 0 aromatic heterocycles. The summed E-state index contributed by atoms with van der Waals surface area (Å²) in [5.74, 6) is -1.26. The van der Waals surface area contributed by atoms with Gasteiger partial charge in [0.1, 0.15) is 6.04 Å². The monoisotopic (exact) mass is 391 g/mol. The normalized spacial score (nSPS) is 13.4. The second kappa shape index (κ2) is 7.49. The maximum atomic E-state index is 12.9. The van der Waals surface area contributed by atoms with Gasteiger partial charge in [0.05, 0.1) is 17.7 Å². The predicted octanol–water partition coefficient (Wildman–Crippen LogP) is 4.42. The number of ether oxygens (including phenoxy) is 1. The number of benzene rings is 3. The van der Waals surface area contributed by atoms with E-state index < -0.39 is 17.9 Å². The van der Waals surface area contributed by atoms with Gasteiger partial charge in [-0.25, -0.2) is 4.79 Å². The minimum Gasteiger partial charge on any atom is -0.467 e. The molecule has 0 saturated heterocycles. The van der Waals surface area contributed by atoms with E-state index in [0.29, 0.717) is 10.6 Å². The van der Waals surface area contributed by atoms with Gasteiger partial charge in [0.25, 0.3) is 5.91 Å². The Labute approximate surface area is 168 Å². The summed E-state index contributed by atoms with van der Waals surface area (Å²) in [7, 11) is 1.32. The van der Waals surface area contributed by atoms with Gasteiger partial charge in [0.2, 0.25) is 0 Å². The number of methoxy groups -OCH3 is 1. The number of hydrogen-bond donors (Lipinski definition) is 1. The molecule has 0 radical (unpaired) electrons. The van der Waals surface area contributed by atoms with E-state index in [-0.39, 0.29) is 5.92 Å². The van der Waals surface area contributed by atoms with Crippen LogP contribution in [0.2, 0.25) is 5.02 Å². The average molecular weight is 392 g/mol. The highest BCUT2D eigenvalue weighted by atomic mass is 35.5. The highest BCUT2D eigenvalue weighted by molar-refractivity contribution is 6.33. The van der Waals surface area contributed by atoms with Crippen molar-refractivity contribution >= 4 is 23.5 Å². The lowest BCUT2D eigenvalue weighted by Gasteiger charge is -2.24. The Kier molecular flexibility index (Phi) is 4.88. The lowest BCUT2D eigenvalue weighted by atomic mass is 9.89. The molecule has 3 aromatic rings. The first-order valence-electron chi connectivity index (χ1n) is 8.93. The Morgan fingerprint density at radius 2 is 1.43 bits per heavy atom. The second-order valence-corrected chi connectivity index (χ2v) is 7.01. The maximum absolute atomic E-state index is 12.9. The van der Waals surface area contributed by atoms with Crippen LogP contribution in [0.25, 0.3) is 11.1 Å². The van der Waals surface area contributed by atoms with Crippen molar-refractivity contribution in [2.24, 2.45) is 0 Å². The van der Waals surface area contributed by atoms with Crippen molar-refractivity contribution in [3.8, 4) is 11.1 Å². The van der Waals surface area contributed by atoms with Crippen LogP contribution in [-0.2, 0) is 9.53 Å². The second-order valence-electron chi connectivity index (χ2n) is 6.61. The molecule has 0 aliphatic heterocycles. The molecular weight excluding hydrogens is 374 g/mol. The standard InChI is InChI=1S/C23H18ClNO3/c1-28-23(27)21(25-22(26)18-12-6-7-13-19(18)24)20-16-10-4-2-8-14(16)15-9-3-5-11-17(15)20/h2-13,20-21H,1H3,(H,25,26)/t21-/m0/s1. The predicted molar refractivity (Wildman–Crippen MR) is 108 cm³/mol. The molecular formula is C23H18ClNO3. The van der Waals surface area contributed by atoms with Crippen LogP contribution in [0.15, 0.2) is 72.8 Å². The summed E-state index contributed by atoms with van der Waals surface area (Å²) < 4.78 is 5.04. The van der Waals surface area contributed by atoms with E-state index in [1.54, 1.807) is 24.3 Å². The highest BCUT2D eigenvalue weighted by Gasteiger charge is 2.39. The molecule has 4 nitrogen and oxygen atoms in total.